The second kappa shape index (κ2) is 7.41. The Kier molecular flexibility index (Phi) is 5.22. The highest BCUT2D eigenvalue weighted by molar-refractivity contribution is 7.91. The lowest BCUT2D eigenvalue weighted by Gasteiger charge is -2.23. The lowest BCUT2D eigenvalue weighted by molar-refractivity contribution is -0.115. The minimum Gasteiger partial charge on any atom is -0.354 e. The predicted molar refractivity (Wildman–Crippen MR) is 101 cm³/mol. The number of nitrogens with zero attached hydrogens (tertiary/aromatic N) is 3. The summed E-state index contributed by atoms with van der Waals surface area (Å²) in [6, 6.07) is 11.1. The van der Waals surface area contributed by atoms with Crippen LogP contribution in [0, 0.1) is 6.92 Å². The van der Waals surface area contributed by atoms with Crippen molar-refractivity contribution in [2.24, 2.45) is 0 Å². The fraction of sp³-hybridized carbons (Fsp3) is 0.389. The number of nitrogens with one attached hydrogen (secondary N) is 1. The number of hydrogen-bond acceptors (Lipinski definition) is 6. The fourth-order valence-corrected chi connectivity index (χ4v) is 4.79. The summed E-state index contributed by atoms with van der Waals surface area (Å²) < 4.78 is 23.2. The third kappa shape index (κ3) is 4.37. The highest BCUT2D eigenvalue weighted by Gasteiger charge is 2.31. The molecule has 0 aliphatic carbocycles. The third-order valence-electron chi connectivity index (χ3n) is 4.65. The Morgan fingerprint density at radius 1 is 1.23 bits per heavy atom. The van der Waals surface area contributed by atoms with Crippen LogP contribution < -0.4 is 10.2 Å². The number of carbonyl (C=O) groups is 1. The van der Waals surface area contributed by atoms with Gasteiger partial charge in [0, 0.05) is 13.1 Å². The summed E-state index contributed by atoms with van der Waals surface area (Å²) in [6.45, 7) is 1.97. The van der Waals surface area contributed by atoms with Gasteiger partial charge >= 0.3 is 0 Å². The molecule has 3 rings (SSSR count). The molecule has 0 bridgehead atoms. The lowest BCUT2D eigenvalue weighted by Crippen LogP contribution is -2.33. The summed E-state index contributed by atoms with van der Waals surface area (Å²) in [5, 5.41) is 10.9. The molecule has 1 fully saturated rings. The van der Waals surface area contributed by atoms with Gasteiger partial charge in [-0.3, -0.25) is 4.79 Å². The topological polar surface area (TPSA) is 92.3 Å². The van der Waals surface area contributed by atoms with E-state index in [1.807, 2.05) is 43.1 Å². The zero-order valence-corrected chi connectivity index (χ0v) is 15.7. The van der Waals surface area contributed by atoms with Crippen molar-refractivity contribution in [1.29, 1.82) is 0 Å². The number of aryl methyl sites for hydroxylation is 1. The normalized spacial score (nSPS) is 18.5. The van der Waals surface area contributed by atoms with E-state index >= 15 is 0 Å². The molecule has 0 saturated carbocycles. The summed E-state index contributed by atoms with van der Waals surface area (Å²) in [5.41, 5.74) is 2.04. The monoisotopic (exact) mass is 374 g/mol. The first kappa shape index (κ1) is 18.3. The van der Waals surface area contributed by atoms with Gasteiger partial charge in [-0.2, -0.15) is 0 Å². The summed E-state index contributed by atoms with van der Waals surface area (Å²) in [4.78, 5) is 14.0. The van der Waals surface area contributed by atoms with Gasteiger partial charge in [0.1, 0.15) is 0 Å². The van der Waals surface area contributed by atoms with Crippen molar-refractivity contribution in [3.63, 3.8) is 0 Å². The zero-order chi connectivity index (χ0) is 18.7. The Morgan fingerprint density at radius 3 is 2.62 bits per heavy atom. The third-order valence-corrected chi connectivity index (χ3v) is 6.40. The first-order valence-electron chi connectivity index (χ1n) is 8.45. The minimum atomic E-state index is -2.95. The molecule has 0 radical (unpaired) electrons. The SMILES string of the molecule is Cc1ccccc1CC(=O)Nc1ccc(N(C)C2CCS(=O)(=O)C2)nn1. The van der Waals surface area contributed by atoms with Gasteiger partial charge in [0.2, 0.25) is 5.91 Å². The second-order valence-corrected chi connectivity index (χ2v) is 8.82. The Balaban J connectivity index is 1.61. The maximum atomic E-state index is 12.2. The van der Waals surface area contributed by atoms with E-state index in [9.17, 15) is 13.2 Å². The van der Waals surface area contributed by atoms with Crippen LogP contribution in [0.1, 0.15) is 17.5 Å². The Hall–Kier alpha value is -2.48. The fourth-order valence-electron chi connectivity index (χ4n) is 3.02. The number of carbonyl (C=O) groups excluding carboxylic acids is 1. The molecule has 1 aromatic heterocycles. The maximum absolute atomic E-state index is 12.2. The molecule has 2 aromatic rings. The highest BCUT2D eigenvalue weighted by atomic mass is 32.2. The minimum absolute atomic E-state index is 0.0872. The largest absolute Gasteiger partial charge is 0.354 e. The summed E-state index contributed by atoms with van der Waals surface area (Å²) in [6.07, 6.45) is 0.866. The van der Waals surface area contributed by atoms with E-state index in [0.29, 0.717) is 18.1 Å². The van der Waals surface area contributed by atoms with Crippen molar-refractivity contribution < 1.29 is 13.2 Å². The van der Waals surface area contributed by atoms with Gasteiger partial charge in [0.15, 0.2) is 21.5 Å². The van der Waals surface area contributed by atoms with Crippen molar-refractivity contribution in [2.45, 2.75) is 25.8 Å². The average Bonchev–Trinajstić information content (AvgIpc) is 2.97. The standard InChI is InChI=1S/C18H22N4O3S/c1-13-5-3-4-6-14(13)11-18(23)19-16-7-8-17(21-20-16)22(2)15-9-10-26(24,25)12-15/h3-8,15H,9-12H2,1-2H3,(H,19,20,23). The van der Waals surface area contributed by atoms with E-state index in [0.717, 1.165) is 11.1 Å². The number of amides is 1. The molecule has 0 spiro atoms. The van der Waals surface area contributed by atoms with Crippen LogP contribution in [0.5, 0.6) is 0 Å². The number of anilines is 2. The average molecular weight is 374 g/mol. The second-order valence-electron chi connectivity index (χ2n) is 6.60. The van der Waals surface area contributed by atoms with Crippen LogP contribution in [0.4, 0.5) is 11.6 Å². The summed E-state index contributed by atoms with van der Waals surface area (Å²) in [5.74, 6) is 1.16. The molecule has 1 saturated heterocycles. The number of aromatic nitrogens is 2. The van der Waals surface area contributed by atoms with Crippen molar-refractivity contribution in [2.75, 3.05) is 28.8 Å². The van der Waals surface area contributed by atoms with Crippen molar-refractivity contribution in [3.8, 4) is 0 Å². The molecule has 26 heavy (non-hydrogen) atoms. The quantitative estimate of drug-likeness (QED) is 0.854. The molecule has 1 aromatic carbocycles. The molecule has 1 N–H and O–H groups in total. The van der Waals surface area contributed by atoms with Gasteiger partial charge in [0.05, 0.1) is 17.9 Å². The number of hydrogen-bond donors (Lipinski definition) is 1. The van der Waals surface area contributed by atoms with Crippen LogP contribution in [0.25, 0.3) is 0 Å². The van der Waals surface area contributed by atoms with Crippen molar-refractivity contribution in [3.05, 3.63) is 47.5 Å². The molecule has 7 nitrogen and oxygen atoms in total. The zero-order valence-electron chi connectivity index (χ0n) is 14.8. The molecular weight excluding hydrogens is 352 g/mol. The molecule has 1 aliphatic rings. The lowest BCUT2D eigenvalue weighted by atomic mass is 10.1. The Labute approximate surface area is 153 Å². The first-order valence-corrected chi connectivity index (χ1v) is 10.3. The van der Waals surface area contributed by atoms with Gasteiger partial charge in [-0.15, -0.1) is 10.2 Å². The van der Waals surface area contributed by atoms with E-state index in [4.69, 9.17) is 0 Å². The first-order chi connectivity index (χ1) is 12.3. The molecule has 8 heteroatoms. The van der Waals surface area contributed by atoms with Gasteiger partial charge in [-0.05, 0) is 36.6 Å². The smallest absolute Gasteiger partial charge is 0.230 e. The Bertz CT molecular complexity index is 897. The summed E-state index contributed by atoms with van der Waals surface area (Å²) in [7, 11) is -1.14. The van der Waals surface area contributed by atoms with Crippen LogP contribution >= 0.6 is 0 Å². The van der Waals surface area contributed by atoms with Gasteiger partial charge in [0.25, 0.3) is 0 Å². The van der Waals surface area contributed by atoms with Crippen LogP contribution in [0.3, 0.4) is 0 Å². The van der Waals surface area contributed by atoms with Crippen LogP contribution in [-0.2, 0) is 21.1 Å². The maximum Gasteiger partial charge on any atom is 0.230 e. The van der Waals surface area contributed by atoms with Crippen molar-refractivity contribution >= 4 is 27.4 Å². The van der Waals surface area contributed by atoms with Gasteiger partial charge in [-0.1, -0.05) is 24.3 Å². The summed E-state index contributed by atoms with van der Waals surface area (Å²) >= 11 is 0. The predicted octanol–water partition coefficient (Wildman–Crippen LogP) is 1.59. The Morgan fingerprint density at radius 2 is 2.00 bits per heavy atom. The van der Waals surface area contributed by atoms with Crippen molar-refractivity contribution in [1.82, 2.24) is 10.2 Å². The molecule has 2 heterocycles. The molecular formula is C18H22N4O3S. The van der Waals surface area contributed by atoms with Crippen LogP contribution in [-0.4, -0.2) is 49.1 Å². The van der Waals surface area contributed by atoms with Crippen LogP contribution in [0.15, 0.2) is 36.4 Å². The molecule has 138 valence electrons. The number of sulfone groups is 1. The number of benzene rings is 1. The van der Waals surface area contributed by atoms with Gasteiger partial charge in [-0.25, -0.2) is 8.42 Å². The molecule has 1 unspecified atom stereocenters. The van der Waals surface area contributed by atoms with E-state index in [2.05, 4.69) is 15.5 Å². The van der Waals surface area contributed by atoms with E-state index in [1.54, 1.807) is 12.1 Å². The van der Waals surface area contributed by atoms with Gasteiger partial charge < -0.3 is 10.2 Å². The molecule has 1 aliphatic heterocycles. The molecule has 1 atom stereocenters. The molecule has 1 amide bonds. The highest BCUT2D eigenvalue weighted by Crippen LogP contribution is 2.21. The van der Waals surface area contributed by atoms with Crippen LogP contribution in [0.2, 0.25) is 0 Å². The van der Waals surface area contributed by atoms with E-state index in [-0.39, 0.29) is 29.9 Å². The van der Waals surface area contributed by atoms with E-state index in [1.165, 1.54) is 0 Å². The van der Waals surface area contributed by atoms with E-state index < -0.39 is 9.84 Å². The number of rotatable bonds is 5.